The second-order valence-electron chi connectivity index (χ2n) is 8.61. The van der Waals surface area contributed by atoms with Crippen LogP contribution < -0.4 is 4.74 Å². The first-order chi connectivity index (χ1) is 12.2. The maximum atomic E-state index is 11.8. The molecule has 4 rings (SSSR count). The maximum absolute atomic E-state index is 11.8. The van der Waals surface area contributed by atoms with Gasteiger partial charge in [0.2, 0.25) is 0 Å². The number of hydrogen-bond acceptors (Lipinski definition) is 3. The Kier molecular flexibility index (Phi) is 3.48. The van der Waals surface area contributed by atoms with Gasteiger partial charge in [0.15, 0.2) is 6.29 Å². The Hall–Kier alpha value is -2.39. The first-order valence-electron chi connectivity index (χ1n) is 8.98. The second kappa shape index (κ2) is 5.31. The van der Waals surface area contributed by atoms with Crippen LogP contribution in [0.25, 0.3) is 6.08 Å². The third-order valence-electron chi connectivity index (χ3n) is 5.23. The molecule has 2 aromatic rings. The van der Waals surface area contributed by atoms with Crippen LogP contribution in [0.2, 0.25) is 0 Å². The summed E-state index contributed by atoms with van der Waals surface area (Å²) in [4.78, 5) is 11.8. The minimum Gasteiger partial charge on any atom is -0.453 e. The van der Waals surface area contributed by atoms with E-state index in [0.717, 1.165) is 28.5 Å². The fourth-order valence-electron chi connectivity index (χ4n) is 3.82. The highest BCUT2D eigenvalue weighted by atomic mass is 16.7. The molecule has 0 aliphatic carbocycles. The number of fused-ring (bicyclic) bond motifs is 3. The van der Waals surface area contributed by atoms with E-state index in [0.29, 0.717) is 11.3 Å². The summed E-state index contributed by atoms with van der Waals surface area (Å²) in [5.41, 5.74) is 4.16. The number of benzene rings is 2. The summed E-state index contributed by atoms with van der Waals surface area (Å²) in [5.74, 6) is -0.406. The van der Waals surface area contributed by atoms with E-state index in [4.69, 9.17) is 9.47 Å². The summed E-state index contributed by atoms with van der Waals surface area (Å²) in [6, 6.07) is 12.1. The Morgan fingerprint density at radius 2 is 1.73 bits per heavy atom. The molecule has 26 heavy (non-hydrogen) atoms. The monoisotopic (exact) mass is 348 g/mol. The van der Waals surface area contributed by atoms with Gasteiger partial charge in [-0.15, -0.1) is 0 Å². The molecule has 0 radical (unpaired) electrons. The van der Waals surface area contributed by atoms with Gasteiger partial charge in [-0.3, -0.25) is 4.79 Å². The summed E-state index contributed by atoms with van der Waals surface area (Å²) in [6.45, 7) is 10.5. The molecule has 3 nitrogen and oxygen atoms in total. The lowest BCUT2D eigenvalue weighted by Crippen LogP contribution is -2.35. The standard InChI is InChI=1S/C23H24O3/c1-21(2,3)17-12-15-10-11-23(25-20(15)16(13-17)14-24)19-9-7-6-8-18(19)22(4,5)26-23/h6-14H,1-5H3. The van der Waals surface area contributed by atoms with Gasteiger partial charge in [-0.1, -0.05) is 45.0 Å². The van der Waals surface area contributed by atoms with Gasteiger partial charge in [-0.25, -0.2) is 0 Å². The van der Waals surface area contributed by atoms with Crippen molar-refractivity contribution in [1.29, 1.82) is 0 Å². The predicted octanol–water partition coefficient (Wildman–Crippen LogP) is 5.32. The topological polar surface area (TPSA) is 35.5 Å². The molecule has 1 spiro atoms. The van der Waals surface area contributed by atoms with E-state index in [-0.39, 0.29) is 5.41 Å². The smallest absolute Gasteiger partial charge is 0.258 e. The van der Waals surface area contributed by atoms with E-state index in [1.807, 2.05) is 50.3 Å². The highest BCUT2D eigenvalue weighted by molar-refractivity contribution is 5.84. The van der Waals surface area contributed by atoms with Gasteiger partial charge in [0, 0.05) is 11.1 Å². The fourth-order valence-corrected chi connectivity index (χ4v) is 3.82. The number of hydrogen-bond donors (Lipinski definition) is 0. The number of aldehydes is 1. The summed E-state index contributed by atoms with van der Waals surface area (Å²) >= 11 is 0. The number of carbonyl (C=O) groups is 1. The molecule has 3 heteroatoms. The highest BCUT2D eigenvalue weighted by Crippen LogP contribution is 2.51. The van der Waals surface area contributed by atoms with Crippen LogP contribution in [-0.2, 0) is 21.5 Å². The predicted molar refractivity (Wildman–Crippen MR) is 102 cm³/mol. The molecule has 0 amide bonds. The molecular formula is C23H24O3. The lowest BCUT2D eigenvalue weighted by molar-refractivity contribution is -0.202. The van der Waals surface area contributed by atoms with Gasteiger partial charge < -0.3 is 9.47 Å². The summed E-state index contributed by atoms with van der Waals surface area (Å²) in [6.07, 6.45) is 4.84. The molecule has 2 aliphatic heterocycles. The maximum Gasteiger partial charge on any atom is 0.258 e. The molecule has 2 aromatic carbocycles. The van der Waals surface area contributed by atoms with Gasteiger partial charge in [0.05, 0.1) is 11.2 Å². The van der Waals surface area contributed by atoms with E-state index >= 15 is 0 Å². The molecule has 0 aromatic heterocycles. The largest absolute Gasteiger partial charge is 0.453 e. The zero-order valence-corrected chi connectivity index (χ0v) is 15.9. The molecule has 0 saturated heterocycles. The minimum atomic E-state index is -0.992. The van der Waals surface area contributed by atoms with Gasteiger partial charge in [0.25, 0.3) is 5.79 Å². The molecule has 0 N–H and O–H groups in total. The Balaban J connectivity index is 1.88. The van der Waals surface area contributed by atoms with Gasteiger partial charge in [-0.2, -0.15) is 0 Å². The molecule has 2 heterocycles. The van der Waals surface area contributed by atoms with Crippen molar-refractivity contribution < 1.29 is 14.3 Å². The number of carbonyl (C=O) groups excluding carboxylic acids is 1. The molecule has 0 bridgehead atoms. The quantitative estimate of drug-likeness (QED) is 0.654. The normalized spacial score (nSPS) is 22.7. The van der Waals surface area contributed by atoms with Crippen LogP contribution in [0, 0.1) is 0 Å². The Morgan fingerprint density at radius 3 is 2.38 bits per heavy atom. The summed E-state index contributed by atoms with van der Waals surface area (Å²) in [5, 5.41) is 0. The molecule has 1 atom stereocenters. The van der Waals surface area contributed by atoms with Gasteiger partial charge in [-0.05, 0) is 54.7 Å². The van der Waals surface area contributed by atoms with Gasteiger partial charge in [0.1, 0.15) is 5.75 Å². The Morgan fingerprint density at radius 1 is 1.04 bits per heavy atom. The lowest BCUT2D eigenvalue weighted by atomic mass is 9.84. The second-order valence-corrected chi connectivity index (χ2v) is 8.61. The SMILES string of the molecule is CC(C)(C)c1cc(C=O)c2c(c1)C=CC1(O2)OC(C)(C)c2ccccc21. The van der Waals surface area contributed by atoms with Crippen molar-refractivity contribution in [2.24, 2.45) is 0 Å². The van der Waals surface area contributed by atoms with Crippen molar-refractivity contribution in [3.8, 4) is 5.75 Å². The van der Waals surface area contributed by atoms with Crippen LogP contribution in [0.5, 0.6) is 5.75 Å². The van der Waals surface area contributed by atoms with Crippen LogP contribution in [0.3, 0.4) is 0 Å². The van der Waals surface area contributed by atoms with E-state index in [1.165, 1.54) is 0 Å². The van der Waals surface area contributed by atoms with Crippen molar-refractivity contribution in [2.75, 3.05) is 0 Å². The van der Waals surface area contributed by atoms with Crippen molar-refractivity contribution >= 4 is 12.4 Å². The van der Waals surface area contributed by atoms with Crippen LogP contribution in [0.1, 0.15) is 67.2 Å². The lowest BCUT2D eigenvalue weighted by Gasteiger charge is -2.34. The summed E-state index contributed by atoms with van der Waals surface area (Å²) in [7, 11) is 0. The van der Waals surface area contributed by atoms with Crippen LogP contribution >= 0.6 is 0 Å². The Labute approximate surface area is 154 Å². The summed E-state index contributed by atoms with van der Waals surface area (Å²) < 4.78 is 12.8. The molecule has 0 saturated carbocycles. The molecule has 0 fully saturated rings. The third kappa shape index (κ3) is 2.42. The van der Waals surface area contributed by atoms with Crippen molar-refractivity contribution in [3.63, 3.8) is 0 Å². The Bertz CT molecular complexity index is 931. The average Bonchev–Trinajstić information content (AvgIpc) is 2.80. The van der Waals surface area contributed by atoms with Crippen LogP contribution in [-0.4, -0.2) is 6.29 Å². The number of rotatable bonds is 1. The first kappa shape index (κ1) is 17.0. The first-order valence-corrected chi connectivity index (χ1v) is 8.98. The molecular weight excluding hydrogens is 324 g/mol. The number of ether oxygens (including phenoxy) is 2. The third-order valence-corrected chi connectivity index (χ3v) is 5.23. The molecule has 2 aliphatic rings. The van der Waals surface area contributed by atoms with Gasteiger partial charge >= 0.3 is 0 Å². The zero-order valence-electron chi connectivity index (χ0n) is 15.9. The van der Waals surface area contributed by atoms with Crippen molar-refractivity contribution in [1.82, 2.24) is 0 Å². The van der Waals surface area contributed by atoms with E-state index in [9.17, 15) is 4.79 Å². The fraction of sp³-hybridized carbons (Fsp3) is 0.348. The molecule has 1 unspecified atom stereocenters. The molecule has 134 valence electrons. The van der Waals surface area contributed by atoms with E-state index in [2.05, 4.69) is 32.9 Å². The van der Waals surface area contributed by atoms with Crippen molar-refractivity contribution in [3.05, 3.63) is 70.3 Å². The average molecular weight is 348 g/mol. The van der Waals surface area contributed by atoms with E-state index < -0.39 is 11.4 Å². The van der Waals surface area contributed by atoms with Crippen LogP contribution in [0.4, 0.5) is 0 Å². The zero-order chi connectivity index (χ0) is 18.7. The van der Waals surface area contributed by atoms with Crippen molar-refractivity contribution in [2.45, 2.75) is 51.4 Å². The highest BCUT2D eigenvalue weighted by Gasteiger charge is 2.51. The minimum absolute atomic E-state index is 0.0474. The van der Waals surface area contributed by atoms with Crippen LogP contribution in [0.15, 0.2) is 42.5 Å². The van der Waals surface area contributed by atoms with E-state index in [1.54, 1.807) is 0 Å².